The smallest absolute Gasteiger partial charge is 0.259 e. The van der Waals surface area contributed by atoms with Gasteiger partial charge in [-0.05, 0) is 38.0 Å². The van der Waals surface area contributed by atoms with Gasteiger partial charge >= 0.3 is 0 Å². The molecule has 1 heterocycles. The van der Waals surface area contributed by atoms with E-state index in [1.54, 1.807) is 6.92 Å². The van der Waals surface area contributed by atoms with Crippen LogP contribution in [0, 0.1) is 31.3 Å². The third kappa shape index (κ3) is 5.59. The van der Waals surface area contributed by atoms with Gasteiger partial charge in [0, 0.05) is 6.54 Å². The molecule has 0 radical (unpaired) electrons. The van der Waals surface area contributed by atoms with Gasteiger partial charge in [0.1, 0.15) is 11.7 Å². The fourth-order valence-corrected chi connectivity index (χ4v) is 3.75. The van der Waals surface area contributed by atoms with Gasteiger partial charge in [0.2, 0.25) is 5.91 Å². The van der Waals surface area contributed by atoms with Crippen LogP contribution in [0.25, 0.3) is 0 Å². The van der Waals surface area contributed by atoms with Gasteiger partial charge in [-0.2, -0.15) is 5.10 Å². The second kappa shape index (κ2) is 10.7. The van der Waals surface area contributed by atoms with E-state index in [2.05, 4.69) is 10.4 Å². The zero-order valence-electron chi connectivity index (χ0n) is 19.0. The van der Waals surface area contributed by atoms with Crippen molar-refractivity contribution in [3.8, 4) is 0 Å². The second-order valence-corrected chi connectivity index (χ2v) is 8.25. The van der Waals surface area contributed by atoms with Gasteiger partial charge in [0.05, 0.1) is 23.5 Å². The van der Waals surface area contributed by atoms with Gasteiger partial charge in [-0.15, -0.1) is 0 Å². The maximum Gasteiger partial charge on any atom is 0.259 e. The molecule has 2 aromatic carbocycles. The van der Waals surface area contributed by atoms with Crippen molar-refractivity contribution in [2.75, 3.05) is 18.4 Å². The summed E-state index contributed by atoms with van der Waals surface area (Å²) in [6.07, 6.45) is 0.534. The number of hydrogen-bond donors (Lipinski definition) is 1. The minimum Gasteiger partial charge on any atom is -0.329 e. The lowest BCUT2D eigenvalue weighted by Crippen LogP contribution is -2.39. The first-order valence-electron chi connectivity index (χ1n) is 10.6. The van der Waals surface area contributed by atoms with Crippen molar-refractivity contribution >= 4 is 29.1 Å². The number of anilines is 1. The normalized spacial score (nSPS) is 10.9. The monoisotopic (exact) mass is 492 g/mol. The highest BCUT2D eigenvalue weighted by atomic mass is 35.5. The molecule has 180 valence electrons. The highest BCUT2D eigenvalue weighted by molar-refractivity contribution is 6.33. The standard InChI is InChI=1S/C24H24ClF3N4O2/c1-4-11-31(13-19(33)29-18-10-9-17(26)21(27)22(18)28)24(34)20-15(3)30-32(23(20)25)12-16-7-5-14(2)6-8-16/h5-10H,4,11-13H2,1-3H3,(H,29,33). The quantitative estimate of drug-likeness (QED) is 0.444. The lowest BCUT2D eigenvalue weighted by molar-refractivity contribution is -0.116. The van der Waals surface area contributed by atoms with Gasteiger partial charge in [-0.3, -0.25) is 9.59 Å². The molecule has 10 heteroatoms. The molecule has 0 aliphatic heterocycles. The molecule has 6 nitrogen and oxygen atoms in total. The minimum atomic E-state index is -1.69. The van der Waals surface area contributed by atoms with Crippen molar-refractivity contribution in [3.05, 3.63) is 81.4 Å². The number of carbonyl (C=O) groups excluding carboxylic acids is 2. The first-order chi connectivity index (χ1) is 16.1. The molecule has 1 aromatic heterocycles. The van der Waals surface area contributed by atoms with Crippen LogP contribution >= 0.6 is 11.6 Å². The summed E-state index contributed by atoms with van der Waals surface area (Å²) in [4.78, 5) is 27.0. The molecule has 0 unspecified atom stereocenters. The Morgan fingerprint density at radius 1 is 1.06 bits per heavy atom. The summed E-state index contributed by atoms with van der Waals surface area (Å²) in [5.41, 5.74) is 2.10. The number of halogens is 4. The molecule has 0 spiro atoms. The number of nitrogens with one attached hydrogen (secondary N) is 1. The van der Waals surface area contributed by atoms with Crippen molar-refractivity contribution in [2.45, 2.75) is 33.7 Å². The number of aromatic nitrogens is 2. The van der Waals surface area contributed by atoms with Crippen molar-refractivity contribution in [2.24, 2.45) is 0 Å². The van der Waals surface area contributed by atoms with Gasteiger partial charge in [0.15, 0.2) is 17.5 Å². The summed E-state index contributed by atoms with van der Waals surface area (Å²) in [5, 5.41) is 6.69. The number of carbonyl (C=O) groups is 2. The van der Waals surface area contributed by atoms with Crippen LogP contribution in [0.4, 0.5) is 18.9 Å². The average Bonchev–Trinajstić information content (AvgIpc) is 3.07. The van der Waals surface area contributed by atoms with E-state index in [9.17, 15) is 22.8 Å². The van der Waals surface area contributed by atoms with E-state index in [1.807, 2.05) is 38.1 Å². The fraction of sp³-hybridized carbons (Fsp3) is 0.292. The average molecular weight is 493 g/mol. The van der Waals surface area contributed by atoms with Crippen LogP contribution in [0.3, 0.4) is 0 Å². The Morgan fingerprint density at radius 3 is 2.38 bits per heavy atom. The van der Waals surface area contributed by atoms with E-state index >= 15 is 0 Å². The van der Waals surface area contributed by atoms with Crippen LogP contribution < -0.4 is 5.32 Å². The van der Waals surface area contributed by atoms with E-state index in [0.717, 1.165) is 17.2 Å². The van der Waals surface area contributed by atoms with Crippen LogP contribution in [0.1, 0.15) is 40.5 Å². The number of benzene rings is 2. The van der Waals surface area contributed by atoms with Crippen LogP contribution in [0.15, 0.2) is 36.4 Å². The number of nitrogens with zero attached hydrogens (tertiary/aromatic N) is 3. The maximum absolute atomic E-state index is 13.9. The number of rotatable bonds is 8. The van der Waals surface area contributed by atoms with Crippen LogP contribution in [0.2, 0.25) is 5.15 Å². The Morgan fingerprint density at radius 2 is 1.74 bits per heavy atom. The number of amides is 2. The molecular formula is C24H24ClF3N4O2. The maximum atomic E-state index is 13.9. The first kappa shape index (κ1) is 25.3. The molecule has 0 aliphatic carbocycles. The largest absolute Gasteiger partial charge is 0.329 e. The third-order valence-corrected chi connectivity index (χ3v) is 5.54. The Balaban J connectivity index is 1.79. The summed E-state index contributed by atoms with van der Waals surface area (Å²) in [7, 11) is 0. The Hall–Kier alpha value is -3.33. The molecule has 3 aromatic rings. The predicted molar refractivity (Wildman–Crippen MR) is 123 cm³/mol. The van der Waals surface area contributed by atoms with Crippen LogP contribution in [-0.2, 0) is 11.3 Å². The molecule has 34 heavy (non-hydrogen) atoms. The third-order valence-electron chi connectivity index (χ3n) is 5.16. The summed E-state index contributed by atoms with van der Waals surface area (Å²) in [6.45, 7) is 5.57. The molecule has 0 atom stereocenters. The highest BCUT2D eigenvalue weighted by Gasteiger charge is 2.27. The zero-order valence-corrected chi connectivity index (χ0v) is 19.7. The van der Waals surface area contributed by atoms with E-state index < -0.39 is 41.5 Å². The van der Waals surface area contributed by atoms with Crippen LogP contribution in [-0.4, -0.2) is 39.6 Å². The van der Waals surface area contributed by atoms with Gasteiger partial charge in [-0.1, -0.05) is 48.4 Å². The van der Waals surface area contributed by atoms with Crippen LogP contribution in [0.5, 0.6) is 0 Å². The predicted octanol–water partition coefficient (Wildman–Crippen LogP) is 5.11. The molecule has 0 saturated heterocycles. The van der Waals surface area contributed by atoms with Gasteiger partial charge < -0.3 is 10.2 Å². The van der Waals surface area contributed by atoms with Gasteiger partial charge in [0.25, 0.3) is 5.91 Å². The van der Waals surface area contributed by atoms with Crippen molar-refractivity contribution in [1.29, 1.82) is 0 Å². The molecular weight excluding hydrogens is 469 g/mol. The summed E-state index contributed by atoms with van der Waals surface area (Å²) < 4.78 is 42.0. The van der Waals surface area contributed by atoms with E-state index in [-0.39, 0.29) is 17.3 Å². The summed E-state index contributed by atoms with van der Waals surface area (Å²) >= 11 is 6.49. The first-order valence-corrected chi connectivity index (χ1v) is 11.0. The zero-order chi connectivity index (χ0) is 25.0. The molecule has 2 amide bonds. The molecule has 0 aliphatic rings. The fourth-order valence-electron chi connectivity index (χ4n) is 3.43. The Kier molecular flexibility index (Phi) is 7.98. The molecule has 3 rings (SSSR count). The number of hydrogen-bond acceptors (Lipinski definition) is 3. The molecule has 0 saturated carbocycles. The van der Waals surface area contributed by atoms with E-state index in [1.165, 1.54) is 9.58 Å². The highest BCUT2D eigenvalue weighted by Crippen LogP contribution is 2.24. The van der Waals surface area contributed by atoms with E-state index in [0.29, 0.717) is 24.7 Å². The van der Waals surface area contributed by atoms with Crippen molar-refractivity contribution < 1.29 is 22.8 Å². The lowest BCUT2D eigenvalue weighted by Gasteiger charge is -2.21. The molecule has 0 fully saturated rings. The molecule has 1 N–H and O–H groups in total. The molecule has 0 bridgehead atoms. The van der Waals surface area contributed by atoms with Crippen molar-refractivity contribution in [1.82, 2.24) is 14.7 Å². The minimum absolute atomic E-state index is 0.135. The summed E-state index contributed by atoms with van der Waals surface area (Å²) in [5.74, 6) is -5.86. The van der Waals surface area contributed by atoms with Gasteiger partial charge in [-0.25, -0.2) is 17.9 Å². The topological polar surface area (TPSA) is 67.2 Å². The Bertz CT molecular complexity index is 1210. The second-order valence-electron chi connectivity index (χ2n) is 7.89. The van der Waals surface area contributed by atoms with Crippen molar-refractivity contribution in [3.63, 3.8) is 0 Å². The lowest BCUT2D eigenvalue weighted by atomic mass is 10.1. The summed E-state index contributed by atoms with van der Waals surface area (Å²) in [6, 6.07) is 9.42. The van der Waals surface area contributed by atoms with E-state index in [4.69, 9.17) is 11.6 Å². The number of aryl methyl sites for hydroxylation is 2. The Labute approximate surface area is 200 Å². The SMILES string of the molecule is CCCN(CC(=O)Nc1ccc(F)c(F)c1F)C(=O)c1c(C)nn(Cc2ccc(C)cc2)c1Cl.